The number of halogens is 1. The fourth-order valence-electron chi connectivity index (χ4n) is 1.25. The van der Waals surface area contributed by atoms with Crippen LogP contribution in [0.4, 0.5) is 0 Å². The van der Waals surface area contributed by atoms with E-state index in [-0.39, 0.29) is 6.61 Å². The van der Waals surface area contributed by atoms with Gasteiger partial charge in [0.25, 0.3) is 0 Å². The Morgan fingerprint density at radius 1 is 1.47 bits per heavy atom. The van der Waals surface area contributed by atoms with Gasteiger partial charge in [-0.2, -0.15) is 5.10 Å². The number of nitrogens with zero attached hydrogens (tertiary/aromatic N) is 3. The average molecular weight is 224 g/mol. The van der Waals surface area contributed by atoms with Gasteiger partial charge in [0.05, 0.1) is 17.8 Å². The third kappa shape index (κ3) is 2.00. The van der Waals surface area contributed by atoms with Crippen LogP contribution < -0.4 is 0 Å². The topological polar surface area (TPSA) is 50.9 Å². The van der Waals surface area contributed by atoms with E-state index in [1.807, 2.05) is 13.1 Å². The zero-order valence-electron chi connectivity index (χ0n) is 8.18. The van der Waals surface area contributed by atoms with Crippen LogP contribution in [0.5, 0.6) is 0 Å². The van der Waals surface area contributed by atoms with Gasteiger partial charge in [-0.3, -0.25) is 0 Å². The lowest BCUT2D eigenvalue weighted by Gasteiger charge is -2.04. The quantitative estimate of drug-likeness (QED) is 0.844. The van der Waals surface area contributed by atoms with Crippen LogP contribution in [0.1, 0.15) is 11.1 Å². The third-order valence-electron chi connectivity index (χ3n) is 2.04. The largest absolute Gasteiger partial charge is 0.392 e. The van der Waals surface area contributed by atoms with E-state index < -0.39 is 0 Å². The van der Waals surface area contributed by atoms with Gasteiger partial charge in [0.15, 0.2) is 5.82 Å². The summed E-state index contributed by atoms with van der Waals surface area (Å²) < 4.78 is 1.64. The van der Waals surface area contributed by atoms with Crippen LogP contribution in [0.15, 0.2) is 24.7 Å². The second-order valence-corrected chi connectivity index (χ2v) is 3.66. The summed E-state index contributed by atoms with van der Waals surface area (Å²) in [4.78, 5) is 4.13. The van der Waals surface area contributed by atoms with Gasteiger partial charge in [-0.15, -0.1) is 0 Å². The number of aliphatic hydroxyl groups excluding tert-OH is 1. The highest BCUT2D eigenvalue weighted by atomic mass is 35.5. The summed E-state index contributed by atoms with van der Waals surface area (Å²) in [5.74, 6) is 0.650. The minimum atomic E-state index is -0.103. The zero-order valence-corrected chi connectivity index (χ0v) is 8.94. The van der Waals surface area contributed by atoms with E-state index in [4.69, 9.17) is 16.7 Å². The van der Waals surface area contributed by atoms with Crippen molar-refractivity contribution in [2.24, 2.45) is 0 Å². The number of aryl methyl sites for hydroxylation is 1. The highest BCUT2D eigenvalue weighted by Gasteiger charge is 2.04. The third-order valence-corrected chi connectivity index (χ3v) is 2.38. The molecular formula is C10H10ClN3O. The van der Waals surface area contributed by atoms with Gasteiger partial charge >= 0.3 is 0 Å². The van der Waals surface area contributed by atoms with E-state index in [9.17, 15) is 0 Å². The Kier molecular flexibility index (Phi) is 2.70. The Morgan fingerprint density at radius 3 is 2.87 bits per heavy atom. The van der Waals surface area contributed by atoms with Crippen LogP contribution in [0.3, 0.4) is 0 Å². The first kappa shape index (κ1) is 10.1. The summed E-state index contributed by atoms with van der Waals surface area (Å²) in [5.41, 5.74) is 1.70. The summed E-state index contributed by atoms with van der Waals surface area (Å²) in [7, 11) is 0. The van der Waals surface area contributed by atoms with Crippen molar-refractivity contribution in [3.8, 4) is 5.82 Å². The second-order valence-electron chi connectivity index (χ2n) is 3.25. The van der Waals surface area contributed by atoms with Crippen molar-refractivity contribution >= 4 is 11.6 Å². The number of hydrogen-bond donors (Lipinski definition) is 1. The SMILES string of the molecule is Cc1cnn(-c2cc(CO)c(Cl)cn2)c1. The molecule has 0 saturated heterocycles. The molecule has 0 radical (unpaired) electrons. The minimum absolute atomic E-state index is 0.103. The van der Waals surface area contributed by atoms with Crippen LogP contribution in [0.2, 0.25) is 5.02 Å². The molecule has 0 aliphatic rings. The molecule has 0 unspecified atom stereocenters. The zero-order chi connectivity index (χ0) is 10.8. The predicted octanol–water partition coefficient (Wildman–Crippen LogP) is 1.72. The predicted molar refractivity (Wildman–Crippen MR) is 57.0 cm³/mol. The molecule has 2 rings (SSSR count). The molecule has 0 aliphatic heterocycles. The first-order valence-corrected chi connectivity index (χ1v) is 4.85. The van der Waals surface area contributed by atoms with Crippen LogP contribution >= 0.6 is 11.6 Å². The Hall–Kier alpha value is -1.39. The maximum Gasteiger partial charge on any atom is 0.153 e. The van der Waals surface area contributed by atoms with E-state index in [0.29, 0.717) is 16.4 Å². The minimum Gasteiger partial charge on any atom is -0.392 e. The molecule has 2 heterocycles. The van der Waals surface area contributed by atoms with Gasteiger partial charge in [0, 0.05) is 18.0 Å². The molecule has 0 amide bonds. The Morgan fingerprint density at radius 2 is 2.27 bits per heavy atom. The van der Waals surface area contributed by atoms with Crippen molar-refractivity contribution in [1.82, 2.24) is 14.8 Å². The summed E-state index contributed by atoms with van der Waals surface area (Å²) in [6, 6.07) is 1.72. The Bertz CT molecular complexity index is 481. The van der Waals surface area contributed by atoms with Gasteiger partial charge in [-0.05, 0) is 18.6 Å². The van der Waals surface area contributed by atoms with E-state index in [1.54, 1.807) is 16.9 Å². The van der Waals surface area contributed by atoms with E-state index in [1.165, 1.54) is 6.20 Å². The average Bonchev–Trinajstić information content (AvgIpc) is 2.66. The Balaban J connectivity index is 2.45. The number of hydrogen-bond acceptors (Lipinski definition) is 3. The normalized spacial score (nSPS) is 10.6. The maximum absolute atomic E-state index is 9.05. The van der Waals surface area contributed by atoms with Crippen LogP contribution in [0.25, 0.3) is 5.82 Å². The molecule has 5 heteroatoms. The summed E-state index contributed by atoms with van der Waals surface area (Å²) in [6.07, 6.45) is 5.12. The van der Waals surface area contributed by atoms with E-state index in [0.717, 1.165) is 5.56 Å². The van der Waals surface area contributed by atoms with Crippen molar-refractivity contribution in [1.29, 1.82) is 0 Å². The molecule has 0 bridgehead atoms. The fraction of sp³-hybridized carbons (Fsp3) is 0.200. The highest BCUT2D eigenvalue weighted by molar-refractivity contribution is 6.31. The van der Waals surface area contributed by atoms with E-state index >= 15 is 0 Å². The lowest BCUT2D eigenvalue weighted by molar-refractivity contribution is 0.281. The number of rotatable bonds is 2. The van der Waals surface area contributed by atoms with Crippen molar-refractivity contribution in [3.05, 3.63) is 40.8 Å². The molecule has 0 saturated carbocycles. The Labute approximate surface area is 92.1 Å². The second kappa shape index (κ2) is 4.00. The summed E-state index contributed by atoms with van der Waals surface area (Å²) >= 11 is 5.84. The van der Waals surface area contributed by atoms with Gasteiger partial charge in [-0.25, -0.2) is 9.67 Å². The fourth-order valence-corrected chi connectivity index (χ4v) is 1.42. The van der Waals surface area contributed by atoms with Gasteiger partial charge in [0.2, 0.25) is 0 Å². The van der Waals surface area contributed by atoms with Crippen LogP contribution in [0, 0.1) is 6.92 Å². The number of pyridine rings is 1. The molecule has 78 valence electrons. The molecule has 0 aromatic carbocycles. The molecule has 0 aliphatic carbocycles. The summed E-state index contributed by atoms with van der Waals surface area (Å²) in [6.45, 7) is 1.85. The van der Waals surface area contributed by atoms with Crippen LogP contribution in [-0.2, 0) is 6.61 Å². The maximum atomic E-state index is 9.05. The first-order valence-electron chi connectivity index (χ1n) is 4.47. The smallest absolute Gasteiger partial charge is 0.153 e. The van der Waals surface area contributed by atoms with Crippen molar-refractivity contribution in [2.45, 2.75) is 13.5 Å². The highest BCUT2D eigenvalue weighted by Crippen LogP contribution is 2.17. The molecular weight excluding hydrogens is 214 g/mol. The molecule has 2 aromatic heterocycles. The molecule has 15 heavy (non-hydrogen) atoms. The molecule has 4 nitrogen and oxygen atoms in total. The monoisotopic (exact) mass is 223 g/mol. The molecule has 0 spiro atoms. The van der Waals surface area contributed by atoms with Crippen molar-refractivity contribution < 1.29 is 5.11 Å². The van der Waals surface area contributed by atoms with Crippen molar-refractivity contribution in [3.63, 3.8) is 0 Å². The molecule has 0 fully saturated rings. The summed E-state index contributed by atoms with van der Waals surface area (Å²) in [5, 5.41) is 13.6. The van der Waals surface area contributed by atoms with Crippen LogP contribution in [-0.4, -0.2) is 19.9 Å². The molecule has 0 atom stereocenters. The number of aromatic nitrogens is 3. The van der Waals surface area contributed by atoms with Crippen molar-refractivity contribution in [2.75, 3.05) is 0 Å². The van der Waals surface area contributed by atoms with Gasteiger partial charge in [0.1, 0.15) is 0 Å². The lowest BCUT2D eigenvalue weighted by atomic mass is 10.3. The first-order chi connectivity index (χ1) is 7.20. The lowest BCUT2D eigenvalue weighted by Crippen LogP contribution is -1.99. The van der Waals surface area contributed by atoms with E-state index in [2.05, 4.69) is 10.1 Å². The molecule has 2 aromatic rings. The van der Waals surface area contributed by atoms with Gasteiger partial charge < -0.3 is 5.11 Å². The number of aliphatic hydroxyl groups is 1. The molecule has 1 N–H and O–H groups in total. The standard InChI is InChI=1S/C10H10ClN3O/c1-7-3-13-14(5-7)10-2-8(6-15)9(11)4-12-10/h2-5,15H,6H2,1H3. The van der Waals surface area contributed by atoms with Gasteiger partial charge in [-0.1, -0.05) is 11.6 Å².